The Hall–Kier alpha value is -3.35. The summed E-state index contributed by atoms with van der Waals surface area (Å²) >= 11 is 0. The number of phenolic OH excluding ortho intramolecular Hbond substituents is 5. The SMILES string of the molecule is O=c1c(-c2ccc(O)cc2)coc2c(O)c(O)c(O)c(O)c12. The molecule has 22 heavy (non-hydrogen) atoms. The highest BCUT2D eigenvalue weighted by Crippen LogP contribution is 2.47. The fraction of sp³-hybridized carbons (Fsp3) is 0. The average Bonchev–Trinajstić information content (AvgIpc) is 2.51. The minimum Gasteiger partial charge on any atom is -0.508 e. The van der Waals surface area contributed by atoms with E-state index >= 15 is 0 Å². The summed E-state index contributed by atoms with van der Waals surface area (Å²) in [5, 5.41) is 47.3. The summed E-state index contributed by atoms with van der Waals surface area (Å²) in [4.78, 5) is 12.5. The van der Waals surface area contributed by atoms with Crippen molar-refractivity contribution in [2.75, 3.05) is 0 Å². The second-order valence-corrected chi connectivity index (χ2v) is 4.62. The Morgan fingerprint density at radius 1 is 0.773 bits per heavy atom. The van der Waals surface area contributed by atoms with Gasteiger partial charge in [0.15, 0.2) is 11.3 Å². The number of fused-ring (bicyclic) bond motifs is 1. The van der Waals surface area contributed by atoms with E-state index in [0.29, 0.717) is 5.56 Å². The van der Waals surface area contributed by atoms with Gasteiger partial charge in [-0.25, -0.2) is 0 Å². The molecule has 7 nitrogen and oxygen atoms in total. The molecule has 0 fully saturated rings. The first kappa shape index (κ1) is 13.6. The summed E-state index contributed by atoms with van der Waals surface area (Å²) in [6, 6.07) is 5.66. The van der Waals surface area contributed by atoms with Crippen molar-refractivity contribution in [1.82, 2.24) is 0 Å². The largest absolute Gasteiger partial charge is 0.508 e. The second kappa shape index (κ2) is 4.59. The maximum absolute atomic E-state index is 12.5. The Morgan fingerprint density at radius 3 is 2.00 bits per heavy atom. The molecule has 2 aromatic carbocycles. The summed E-state index contributed by atoms with van der Waals surface area (Å²) < 4.78 is 5.11. The van der Waals surface area contributed by atoms with Gasteiger partial charge in [-0.3, -0.25) is 4.79 Å². The predicted octanol–water partition coefficient (Wildman–Crippen LogP) is 1.99. The summed E-state index contributed by atoms with van der Waals surface area (Å²) in [5.74, 6) is -3.72. The maximum atomic E-state index is 12.5. The zero-order valence-corrected chi connectivity index (χ0v) is 10.9. The highest BCUT2D eigenvalue weighted by atomic mass is 16.4. The van der Waals surface area contributed by atoms with Crippen molar-refractivity contribution >= 4 is 11.0 Å². The number of hydrogen-bond donors (Lipinski definition) is 5. The lowest BCUT2D eigenvalue weighted by atomic mass is 10.0. The third-order valence-corrected chi connectivity index (χ3v) is 3.30. The van der Waals surface area contributed by atoms with Gasteiger partial charge >= 0.3 is 0 Å². The monoisotopic (exact) mass is 302 g/mol. The summed E-state index contributed by atoms with van der Waals surface area (Å²) in [6.45, 7) is 0. The standard InChI is InChI=1S/C15H10O7/c16-7-3-1-6(2-4-7)8-5-22-15-9(10(8)17)11(18)12(19)13(20)14(15)21/h1-5,16,18-21H. The molecule has 1 heterocycles. The van der Waals surface area contributed by atoms with Crippen LogP contribution in [0.4, 0.5) is 0 Å². The number of benzene rings is 2. The molecule has 112 valence electrons. The predicted molar refractivity (Wildman–Crippen MR) is 76.2 cm³/mol. The van der Waals surface area contributed by atoms with Crippen molar-refractivity contribution in [2.45, 2.75) is 0 Å². The molecule has 0 radical (unpaired) electrons. The fourth-order valence-electron chi connectivity index (χ4n) is 2.15. The van der Waals surface area contributed by atoms with Crippen molar-refractivity contribution in [3.05, 3.63) is 40.8 Å². The molecular formula is C15H10O7. The number of hydrogen-bond acceptors (Lipinski definition) is 7. The zero-order chi connectivity index (χ0) is 16.0. The first-order valence-corrected chi connectivity index (χ1v) is 6.12. The van der Waals surface area contributed by atoms with E-state index in [9.17, 15) is 30.3 Å². The van der Waals surface area contributed by atoms with Crippen LogP contribution in [0.15, 0.2) is 39.7 Å². The van der Waals surface area contributed by atoms with Gasteiger partial charge in [0.2, 0.25) is 22.7 Å². The van der Waals surface area contributed by atoms with E-state index in [2.05, 4.69) is 0 Å². The van der Waals surface area contributed by atoms with Crippen LogP contribution in [-0.4, -0.2) is 25.5 Å². The molecule has 0 unspecified atom stereocenters. The van der Waals surface area contributed by atoms with Crippen LogP contribution in [-0.2, 0) is 0 Å². The van der Waals surface area contributed by atoms with Crippen LogP contribution in [0, 0.1) is 0 Å². The topological polar surface area (TPSA) is 131 Å². The van der Waals surface area contributed by atoms with Crippen LogP contribution in [0.2, 0.25) is 0 Å². The lowest BCUT2D eigenvalue weighted by Gasteiger charge is -2.08. The third kappa shape index (κ3) is 1.80. The van der Waals surface area contributed by atoms with Crippen LogP contribution in [0.25, 0.3) is 22.1 Å². The van der Waals surface area contributed by atoms with Crippen molar-refractivity contribution in [2.24, 2.45) is 0 Å². The molecule has 1 aromatic heterocycles. The van der Waals surface area contributed by atoms with Crippen molar-refractivity contribution in [3.63, 3.8) is 0 Å². The average molecular weight is 302 g/mol. The van der Waals surface area contributed by atoms with Gasteiger partial charge in [-0.2, -0.15) is 0 Å². The quantitative estimate of drug-likeness (QED) is 0.343. The molecule has 0 atom stereocenters. The summed E-state index contributed by atoms with van der Waals surface area (Å²) in [6.07, 6.45) is 1.05. The molecule has 0 amide bonds. The third-order valence-electron chi connectivity index (χ3n) is 3.30. The minimum absolute atomic E-state index is 0.0111. The minimum atomic E-state index is -1.01. The molecule has 0 aliphatic rings. The maximum Gasteiger partial charge on any atom is 0.208 e. The highest BCUT2D eigenvalue weighted by Gasteiger charge is 2.23. The Kier molecular flexibility index (Phi) is 2.84. The van der Waals surface area contributed by atoms with Gasteiger partial charge in [0.25, 0.3) is 0 Å². The van der Waals surface area contributed by atoms with E-state index in [0.717, 1.165) is 6.26 Å². The van der Waals surface area contributed by atoms with Crippen molar-refractivity contribution in [3.8, 4) is 39.9 Å². The van der Waals surface area contributed by atoms with E-state index < -0.39 is 39.4 Å². The molecule has 3 aromatic rings. The Balaban J connectivity index is 2.40. The van der Waals surface area contributed by atoms with Crippen LogP contribution in [0.1, 0.15) is 0 Å². The molecular weight excluding hydrogens is 292 g/mol. The van der Waals surface area contributed by atoms with Gasteiger partial charge in [0.1, 0.15) is 17.4 Å². The van der Waals surface area contributed by atoms with Gasteiger partial charge in [-0.1, -0.05) is 12.1 Å². The van der Waals surface area contributed by atoms with Gasteiger partial charge in [0.05, 0.1) is 5.56 Å². The first-order valence-electron chi connectivity index (χ1n) is 6.12. The molecule has 0 aliphatic heterocycles. The lowest BCUT2D eigenvalue weighted by molar-refractivity contribution is 0.346. The van der Waals surface area contributed by atoms with Gasteiger partial charge in [-0.05, 0) is 17.7 Å². The molecule has 0 spiro atoms. The van der Waals surface area contributed by atoms with E-state index in [1.54, 1.807) is 0 Å². The van der Waals surface area contributed by atoms with Crippen molar-refractivity contribution < 1.29 is 29.9 Å². The van der Waals surface area contributed by atoms with Crippen molar-refractivity contribution in [1.29, 1.82) is 0 Å². The fourth-order valence-corrected chi connectivity index (χ4v) is 2.15. The molecule has 0 saturated carbocycles. The molecule has 0 saturated heterocycles. The Labute approximate surface area is 122 Å². The Morgan fingerprint density at radius 2 is 1.36 bits per heavy atom. The van der Waals surface area contributed by atoms with Gasteiger partial charge in [0, 0.05) is 0 Å². The van der Waals surface area contributed by atoms with Crippen LogP contribution in [0.3, 0.4) is 0 Å². The van der Waals surface area contributed by atoms with Gasteiger partial charge < -0.3 is 29.9 Å². The van der Waals surface area contributed by atoms with Gasteiger partial charge in [-0.15, -0.1) is 0 Å². The second-order valence-electron chi connectivity index (χ2n) is 4.62. The molecule has 0 bridgehead atoms. The normalized spacial score (nSPS) is 10.9. The van der Waals surface area contributed by atoms with E-state index in [1.807, 2.05) is 0 Å². The zero-order valence-electron chi connectivity index (χ0n) is 10.9. The summed E-state index contributed by atoms with van der Waals surface area (Å²) in [7, 11) is 0. The molecule has 5 N–H and O–H groups in total. The number of phenols is 5. The molecule has 7 heteroatoms. The van der Waals surface area contributed by atoms with E-state index in [-0.39, 0.29) is 11.3 Å². The number of rotatable bonds is 1. The van der Waals surface area contributed by atoms with E-state index in [4.69, 9.17) is 4.42 Å². The molecule has 0 aliphatic carbocycles. The molecule has 3 rings (SSSR count). The summed E-state index contributed by atoms with van der Waals surface area (Å²) in [5.41, 5.74) is -0.706. The van der Waals surface area contributed by atoms with E-state index in [1.165, 1.54) is 24.3 Å². The smallest absolute Gasteiger partial charge is 0.208 e. The van der Waals surface area contributed by atoms with Crippen LogP contribution in [0.5, 0.6) is 28.7 Å². The number of aromatic hydroxyl groups is 5. The Bertz CT molecular complexity index is 939. The lowest BCUT2D eigenvalue weighted by Crippen LogP contribution is -2.05. The first-order chi connectivity index (χ1) is 10.4. The van der Waals surface area contributed by atoms with Crippen LogP contribution >= 0.6 is 0 Å². The highest BCUT2D eigenvalue weighted by molar-refractivity contribution is 5.95. The van der Waals surface area contributed by atoms with Crippen LogP contribution < -0.4 is 5.43 Å².